The van der Waals surface area contributed by atoms with Gasteiger partial charge >= 0.3 is 18.9 Å². The van der Waals surface area contributed by atoms with Crippen LogP contribution in [0.5, 0.6) is 0 Å². The van der Waals surface area contributed by atoms with E-state index < -0.39 is 24.4 Å². The van der Waals surface area contributed by atoms with Gasteiger partial charge in [-0.2, -0.15) is 5.10 Å². The first-order valence-electron chi connectivity index (χ1n) is 10.2. The smallest absolute Gasteiger partial charge is 0.548 e. The molecular formula is C19H20ClLiN4O3. The summed E-state index contributed by atoms with van der Waals surface area (Å²) in [6, 6.07) is 2.39. The van der Waals surface area contributed by atoms with Crippen LogP contribution in [0, 0.1) is 12.3 Å². The van der Waals surface area contributed by atoms with Crippen LogP contribution in [-0.2, 0) is 23.0 Å². The number of carbonyl (C=O) groups excluding carboxylic acids is 2. The van der Waals surface area contributed by atoms with Crippen molar-refractivity contribution in [1.29, 1.82) is 0 Å². The van der Waals surface area contributed by atoms with E-state index in [1.165, 1.54) is 17.3 Å². The summed E-state index contributed by atoms with van der Waals surface area (Å²) in [7, 11) is 0. The van der Waals surface area contributed by atoms with Crippen LogP contribution < -0.4 is 24.0 Å². The zero-order valence-corrected chi connectivity index (χ0v) is 16.4. The molecule has 9 heteroatoms. The number of amides is 1. The standard InChI is InChI=1S/C19H21ClN4O3.Li/c1-11-13(3-4-16(20)22-11)14-8-19(14)5-6-24(18(19)27)15(17(25)26)7-12-9-21-23(2)10-12;/h3-4,9-10,14-15H,5-8H2,1-2H3,(H,25,26);/q;+1/p-1/t14-,15-,19+;/m1./s1/i2D3;. The number of hydrogen-bond acceptors (Lipinski definition) is 5. The molecule has 0 radical (unpaired) electrons. The number of aromatic nitrogens is 3. The number of nitrogens with zero attached hydrogens (tertiary/aromatic N) is 4. The van der Waals surface area contributed by atoms with Crippen molar-refractivity contribution >= 4 is 23.5 Å². The summed E-state index contributed by atoms with van der Waals surface area (Å²) in [5, 5.41) is 16.0. The molecule has 1 spiro atoms. The zero-order chi connectivity index (χ0) is 21.8. The Balaban J connectivity index is 0.00000272. The summed E-state index contributed by atoms with van der Waals surface area (Å²) in [6.45, 7) is -0.299. The molecule has 0 aromatic carbocycles. The van der Waals surface area contributed by atoms with E-state index in [9.17, 15) is 14.7 Å². The van der Waals surface area contributed by atoms with Crippen LogP contribution in [0.15, 0.2) is 24.5 Å². The first-order chi connectivity index (χ1) is 14.0. The SMILES string of the molecule is [2H]C([2H])([2H])n1cc(C[C@H](C(=O)[O-])N2CC[C@@]3(C[C@@H]3c3ccc(Cl)nc3C)C2=O)cn1.[Li+]. The van der Waals surface area contributed by atoms with E-state index in [2.05, 4.69) is 10.1 Å². The van der Waals surface area contributed by atoms with E-state index in [-0.39, 0.29) is 37.1 Å². The van der Waals surface area contributed by atoms with Gasteiger partial charge in [-0.15, -0.1) is 0 Å². The Kier molecular flexibility index (Phi) is 4.60. The number of carbonyl (C=O) groups is 2. The van der Waals surface area contributed by atoms with Crippen LogP contribution >= 0.6 is 11.6 Å². The molecule has 142 valence electrons. The van der Waals surface area contributed by atoms with Gasteiger partial charge in [-0.3, -0.25) is 9.48 Å². The maximum absolute atomic E-state index is 13.2. The van der Waals surface area contributed by atoms with Crippen LogP contribution in [0.1, 0.15) is 39.7 Å². The number of carboxylic acids is 1. The van der Waals surface area contributed by atoms with E-state index in [4.69, 9.17) is 15.7 Å². The normalized spacial score (nSPS) is 26.4. The van der Waals surface area contributed by atoms with Crippen molar-refractivity contribution in [2.75, 3.05) is 6.54 Å². The Morgan fingerprint density at radius 1 is 1.54 bits per heavy atom. The second-order valence-electron chi connectivity index (χ2n) is 7.30. The molecule has 1 aliphatic carbocycles. The first kappa shape index (κ1) is 17.1. The van der Waals surface area contributed by atoms with Gasteiger partial charge in [0.1, 0.15) is 5.15 Å². The molecule has 2 aromatic rings. The summed E-state index contributed by atoms with van der Waals surface area (Å²) in [6.07, 6.45) is 3.72. The molecule has 2 fully saturated rings. The van der Waals surface area contributed by atoms with Gasteiger partial charge in [-0.1, -0.05) is 17.7 Å². The minimum absolute atomic E-state index is 0. The van der Waals surface area contributed by atoms with E-state index >= 15 is 0 Å². The number of aliphatic carboxylic acids is 1. The minimum Gasteiger partial charge on any atom is -0.548 e. The average Bonchev–Trinajstić information content (AvgIpc) is 3.00. The van der Waals surface area contributed by atoms with Crippen LogP contribution in [0.4, 0.5) is 0 Å². The molecule has 3 atom stereocenters. The molecule has 2 aromatic heterocycles. The van der Waals surface area contributed by atoms with Gasteiger partial charge in [-0.05, 0) is 37.0 Å². The maximum atomic E-state index is 13.2. The van der Waals surface area contributed by atoms with E-state index in [1.807, 2.05) is 13.0 Å². The molecule has 0 bridgehead atoms. The summed E-state index contributed by atoms with van der Waals surface area (Å²) in [5.74, 6) is -1.59. The van der Waals surface area contributed by atoms with Gasteiger partial charge < -0.3 is 14.8 Å². The topological polar surface area (TPSA) is 91.2 Å². The van der Waals surface area contributed by atoms with Gasteiger partial charge in [0.05, 0.1) is 23.6 Å². The van der Waals surface area contributed by atoms with Crippen LogP contribution in [0.3, 0.4) is 0 Å². The van der Waals surface area contributed by atoms with Crippen LogP contribution in [0.25, 0.3) is 0 Å². The van der Waals surface area contributed by atoms with Gasteiger partial charge in [0, 0.05) is 41.9 Å². The Morgan fingerprint density at radius 2 is 2.32 bits per heavy atom. The summed E-state index contributed by atoms with van der Waals surface area (Å²) < 4.78 is 22.9. The molecule has 28 heavy (non-hydrogen) atoms. The fourth-order valence-electron chi connectivity index (χ4n) is 4.26. The molecule has 1 amide bonds. The second kappa shape index (κ2) is 7.55. The third kappa shape index (κ3) is 3.47. The monoisotopic (exact) mass is 397 g/mol. The predicted molar refractivity (Wildman–Crippen MR) is 95.8 cm³/mol. The largest absolute Gasteiger partial charge is 1.00 e. The molecule has 0 unspecified atom stereocenters. The van der Waals surface area contributed by atoms with Crippen molar-refractivity contribution in [1.82, 2.24) is 19.7 Å². The number of aryl methyl sites for hydroxylation is 2. The molecule has 4 rings (SSSR count). The Labute approximate surface area is 184 Å². The Morgan fingerprint density at radius 3 is 2.96 bits per heavy atom. The predicted octanol–water partition coefficient (Wildman–Crippen LogP) is -2.15. The zero-order valence-electron chi connectivity index (χ0n) is 18.7. The van der Waals surface area contributed by atoms with Gasteiger partial charge in [0.25, 0.3) is 0 Å². The van der Waals surface area contributed by atoms with E-state index in [0.29, 0.717) is 30.1 Å². The second-order valence-corrected chi connectivity index (χ2v) is 7.69. The summed E-state index contributed by atoms with van der Waals surface area (Å²) in [4.78, 5) is 30.7. The quantitative estimate of drug-likeness (QED) is 0.424. The van der Waals surface area contributed by atoms with Gasteiger partial charge in [0.2, 0.25) is 5.91 Å². The van der Waals surface area contributed by atoms with Crippen molar-refractivity contribution in [2.24, 2.45) is 12.4 Å². The molecule has 7 nitrogen and oxygen atoms in total. The van der Waals surface area contributed by atoms with Crippen molar-refractivity contribution in [3.05, 3.63) is 46.5 Å². The third-order valence-electron chi connectivity index (χ3n) is 5.74. The van der Waals surface area contributed by atoms with Gasteiger partial charge in [-0.25, -0.2) is 4.98 Å². The maximum Gasteiger partial charge on any atom is 1.00 e. The number of halogens is 1. The van der Waals surface area contributed by atoms with Crippen molar-refractivity contribution in [3.63, 3.8) is 0 Å². The molecule has 3 heterocycles. The number of carboxylic acid groups (broad SMARTS) is 1. The van der Waals surface area contributed by atoms with Crippen LogP contribution in [0.2, 0.25) is 5.15 Å². The molecule has 0 N–H and O–H groups in total. The summed E-state index contributed by atoms with van der Waals surface area (Å²) >= 11 is 5.93. The van der Waals surface area contributed by atoms with Crippen molar-refractivity contribution in [2.45, 2.75) is 38.1 Å². The fourth-order valence-corrected chi connectivity index (χ4v) is 4.45. The van der Waals surface area contributed by atoms with Crippen LogP contribution in [-0.4, -0.2) is 44.1 Å². The first-order valence-corrected chi connectivity index (χ1v) is 9.10. The molecule has 1 saturated heterocycles. The molecule has 1 aliphatic heterocycles. The molecule has 1 saturated carbocycles. The number of likely N-dealkylation sites (tertiary alicyclic amines) is 1. The number of pyridine rings is 1. The minimum atomic E-state index is -2.45. The number of rotatable bonds is 5. The van der Waals surface area contributed by atoms with E-state index in [0.717, 1.165) is 15.9 Å². The third-order valence-corrected chi connectivity index (χ3v) is 5.95. The summed E-state index contributed by atoms with van der Waals surface area (Å²) in [5.41, 5.74) is 1.53. The molecular weight excluding hydrogens is 375 g/mol. The van der Waals surface area contributed by atoms with Crippen molar-refractivity contribution in [3.8, 4) is 0 Å². The number of hydrogen-bond donors (Lipinski definition) is 0. The van der Waals surface area contributed by atoms with E-state index in [1.54, 1.807) is 6.07 Å². The van der Waals surface area contributed by atoms with Crippen molar-refractivity contribution < 1.29 is 37.7 Å². The fraction of sp³-hybridized carbons (Fsp3) is 0.474. The van der Waals surface area contributed by atoms with Gasteiger partial charge in [0.15, 0.2) is 0 Å². The Bertz CT molecular complexity index is 1030. The Hall–Kier alpha value is -1.81. The average molecular weight is 398 g/mol. The molecule has 2 aliphatic rings.